The molecule has 2 heteroatoms. The van der Waals surface area contributed by atoms with Gasteiger partial charge in [-0.2, -0.15) is 0 Å². The second-order valence-corrected chi connectivity index (χ2v) is 7.66. The van der Waals surface area contributed by atoms with Crippen molar-refractivity contribution in [3.8, 4) is 0 Å². The van der Waals surface area contributed by atoms with Gasteiger partial charge in [-0.05, 0) is 71.1 Å². The van der Waals surface area contributed by atoms with Gasteiger partial charge in [0.05, 0.1) is 10.9 Å². The van der Waals surface area contributed by atoms with Crippen LogP contribution in [0.5, 0.6) is 0 Å². The second-order valence-electron chi connectivity index (χ2n) is 4.39. The van der Waals surface area contributed by atoms with Crippen LogP contribution in [0.25, 0.3) is 0 Å². The molecule has 20 heavy (non-hydrogen) atoms. The molecule has 0 saturated carbocycles. The summed E-state index contributed by atoms with van der Waals surface area (Å²) in [6.07, 6.45) is 0. The molecule has 3 aromatic carbocycles. The van der Waals surface area contributed by atoms with Crippen molar-refractivity contribution in [2.24, 2.45) is 0 Å². The van der Waals surface area contributed by atoms with Crippen molar-refractivity contribution in [3.63, 3.8) is 0 Å². The zero-order valence-electron chi connectivity index (χ0n) is 10.9. The monoisotopic (exact) mass is 389 g/mol. The van der Waals surface area contributed by atoms with Crippen molar-refractivity contribution in [2.45, 2.75) is 14.7 Å². The summed E-state index contributed by atoms with van der Waals surface area (Å²) < 4.78 is 1.27. The van der Waals surface area contributed by atoms with Crippen LogP contribution in [0.4, 0.5) is 0 Å². The van der Waals surface area contributed by atoms with E-state index in [-0.39, 0.29) is 10.9 Å². The highest BCUT2D eigenvalue weighted by molar-refractivity contribution is 14.1. The molecule has 0 aromatic heterocycles. The first-order valence-electron chi connectivity index (χ1n) is 6.44. The van der Waals surface area contributed by atoms with Crippen LogP contribution in [-0.2, 0) is 10.9 Å². The van der Waals surface area contributed by atoms with Gasteiger partial charge in [0.25, 0.3) is 0 Å². The highest BCUT2D eigenvalue weighted by atomic mass is 127. The fraction of sp³-hybridized carbons (Fsp3) is 0. The average molecular weight is 389 g/mol. The molecule has 0 amide bonds. The topological polar surface area (TPSA) is 0 Å². The summed E-state index contributed by atoms with van der Waals surface area (Å²) in [6.45, 7) is 0. The number of rotatable bonds is 3. The van der Waals surface area contributed by atoms with Crippen LogP contribution >= 0.6 is 22.6 Å². The molecular formula is C18H14IS+. The van der Waals surface area contributed by atoms with Gasteiger partial charge >= 0.3 is 0 Å². The Morgan fingerprint density at radius 1 is 0.500 bits per heavy atom. The molecule has 0 atom stereocenters. The van der Waals surface area contributed by atoms with Gasteiger partial charge in [0.1, 0.15) is 0 Å². The highest BCUT2D eigenvalue weighted by Gasteiger charge is 2.27. The first-order chi connectivity index (χ1) is 9.84. The van der Waals surface area contributed by atoms with Crippen LogP contribution in [0.15, 0.2) is 99.6 Å². The zero-order chi connectivity index (χ0) is 13.8. The van der Waals surface area contributed by atoms with Crippen LogP contribution < -0.4 is 0 Å². The Morgan fingerprint density at radius 3 is 1.35 bits per heavy atom. The lowest BCUT2D eigenvalue weighted by Crippen LogP contribution is -2.04. The van der Waals surface area contributed by atoms with Gasteiger partial charge in [0.2, 0.25) is 0 Å². The Hall–Kier alpha value is -1.26. The van der Waals surface area contributed by atoms with E-state index >= 15 is 0 Å². The molecule has 0 bridgehead atoms. The Balaban J connectivity index is 2.11. The molecule has 3 aromatic rings. The largest absolute Gasteiger partial charge is 0.166 e. The van der Waals surface area contributed by atoms with Crippen LogP contribution in [-0.4, -0.2) is 0 Å². The van der Waals surface area contributed by atoms with Crippen molar-refractivity contribution in [1.82, 2.24) is 0 Å². The maximum absolute atomic E-state index is 2.35. The lowest BCUT2D eigenvalue weighted by Gasteiger charge is -2.07. The minimum Gasteiger partial charge on any atom is -0.0619 e. The number of halogens is 1. The molecule has 0 radical (unpaired) electrons. The third-order valence-electron chi connectivity index (χ3n) is 3.01. The minimum atomic E-state index is -0.0262. The Morgan fingerprint density at radius 2 is 0.900 bits per heavy atom. The smallest absolute Gasteiger partial charge is 0.0619 e. The lowest BCUT2D eigenvalue weighted by molar-refractivity contribution is 1.31. The Kier molecular flexibility index (Phi) is 4.43. The molecule has 0 spiro atoms. The minimum absolute atomic E-state index is 0.0262. The summed E-state index contributed by atoms with van der Waals surface area (Å²) in [5.41, 5.74) is 0. The van der Waals surface area contributed by atoms with E-state index in [1.807, 2.05) is 0 Å². The van der Waals surface area contributed by atoms with Gasteiger partial charge < -0.3 is 0 Å². The predicted octanol–water partition coefficient (Wildman–Crippen LogP) is 5.39. The Labute approximate surface area is 136 Å². The standard InChI is InChI=1S/C18H14IS/c19-15-11-13-18(14-12-15)20(16-7-3-1-4-8-16)17-9-5-2-6-10-17/h1-14H/q+1. The van der Waals surface area contributed by atoms with Gasteiger partial charge in [-0.1, -0.05) is 36.4 Å². The SMILES string of the molecule is Ic1ccc([S+](c2ccccc2)c2ccccc2)cc1. The molecule has 98 valence electrons. The summed E-state index contributed by atoms with van der Waals surface area (Å²) in [7, 11) is -0.0262. The fourth-order valence-corrected chi connectivity index (χ4v) is 4.54. The molecule has 0 aliphatic rings. The summed E-state index contributed by atoms with van der Waals surface area (Å²) in [4.78, 5) is 4.09. The number of hydrogen-bond acceptors (Lipinski definition) is 0. The van der Waals surface area contributed by atoms with E-state index in [2.05, 4.69) is 108 Å². The van der Waals surface area contributed by atoms with E-state index in [0.717, 1.165) is 0 Å². The molecule has 0 aliphatic heterocycles. The van der Waals surface area contributed by atoms with E-state index in [1.54, 1.807) is 0 Å². The first-order valence-corrected chi connectivity index (χ1v) is 8.75. The molecule has 0 saturated heterocycles. The molecule has 0 aliphatic carbocycles. The highest BCUT2D eigenvalue weighted by Crippen LogP contribution is 2.31. The summed E-state index contributed by atoms with van der Waals surface area (Å²) in [5.74, 6) is 0. The maximum Gasteiger partial charge on any atom is 0.166 e. The van der Waals surface area contributed by atoms with E-state index in [4.69, 9.17) is 0 Å². The number of hydrogen-bond donors (Lipinski definition) is 0. The van der Waals surface area contributed by atoms with Gasteiger partial charge in [0, 0.05) is 3.57 Å². The molecular weight excluding hydrogens is 375 g/mol. The van der Waals surface area contributed by atoms with Crippen molar-refractivity contribution in [1.29, 1.82) is 0 Å². The van der Waals surface area contributed by atoms with E-state index < -0.39 is 0 Å². The summed E-state index contributed by atoms with van der Waals surface area (Å²) in [6, 6.07) is 30.3. The van der Waals surface area contributed by atoms with E-state index in [9.17, 15) is 0 Å². The van der Waals surface area contributed by atoms with Gasteiger partial charge in [-0.25, -0.2) is 0 Å². The molecule has 0 nitrogen and oxygen atoms in total. The van der Waals surface area contributed by atoms with Gasteiger partial charge in [0.15, 0.2) is 14.7 Å². The molecule has 0 heterocycles. The quantitative estimate of drug-likeness (QED) is 0.416. The normalized spacial score (nSPS) is 10.7. The van der Waals surface area contributed by atoms with Crippen LogP contribution in [0.1, 0.15) is 0 Å². The van der Waals surface area contributed by atoms with Gasteiger partial charge in [-0.3, -0.25) is 0 Å². The predicted molar refractivity (Wildman–Crippen MR) is 94.2 cm³/mol. The van der Waals surface area contributed by atoms with Crippen molar-refractivity contribution in [3.05, 3.63) is 88.5 Å². The van der Waals surface area contributed by atoms with E-state index in [1.165, 1.54) is 18.3 Å². The fourth-order valence-electron chi connectivity index (χ4n) is 2.09. The number of benzene rings is 3. The van der Waals surface area contributed by atoms with Crippen molar-refractivity contribution < 1.29 is 0 Å². The maximum atomic E-state index is 2.35. The molecule has 0 fully saturated rings. The van der Waals surface area contributed by atoms with Crippen molar-refractivity contribution >= 4 is 33.5 Å². The first kappa shape index (κ1) is 13.7. The summed E-state index contributed by atoms with van der Waals surface area (Å²) in [5, 5.41) is 0. The summed E-state index contributed by atoms with van der Waals surface area (Å²) >= 11 is 2.35. The zero-order valence-corrected chi connectivity index (χ0v) is 13.8. The Bertz CT molecular complexity index is 623. The third-order valence-corrected chi connectivity index (χ3v) is 5.96. The van der Waals surface area contributed by atoms with Crippen LogP contribution in [0.2, 0.25) is 0 Å². The van der Waals surface area contributed by atoms with Crippen LogP contribution in [0.3, 0.4) is 0 Å². The third kappa shape index (κ3) is 3.07. The van der Waals surface area contributed by atoms with Gasteiger partial charge in [-0.15, -0.1) is 0 Å². The molecule has 3 rings (SSSR count). The molecule has 0 N–H and O–H groups in total. The molecule has 0 unspecified atom stereocenters. The average Bonchev–Trinajstić information content (AvgIpc) is 2.52. The lowest BCUT2D eigenvalue weighted by atomic mass is 10.4. The van der Waals surface area contributed by atoms with E-state index in [0.29, 0.717) is 0 Å². The van der Waals surface area contributed by atoms with Crippen LogP contribution in [0, 0.1) is 3.57 Å². The van der Waals surface area contributed by atoms with Crippen molar-refractivity contribution in [2.75, 3.05) is 0 Å². The second kappa shape index (κ2) is 6.46.